The number of fused-ring (bicyclic) bond motifs is 1. The molecule has 0 aliphatic rings. The van der Waals surface area contributed by atoms with E-state index in [2.05, 4.69) is 15.6 Å². The van der Waals surface area contributed by atoms with Gasteiger partial charge in [0.25, 0.3) is 5.91 Å². The van der Waals surface area contributed by atoms with E-state index in [1.165, 1.54) is 0 Å². The molecule has 0 fully saturated rings. The summed E-state index contributed by atoms with van der Waals surface area (Å²) < 4.78 is 0. The van der Waals surface area contributed by atoms with Gasteiger partial charge in [-0.1, -0.05) is 30.3 Å². The largest absolute Gasteiger partial charge is 0.508 e. The van der Waals surface area contributed by atoms with E-state index in [0.717, 1.165) is 23.0 Å². The van der Waals surface area contributed by atoms with Gasteiger partial charge in [-0.2, -0.15) is 0 Å². The highest BCUT2D eigenvalue weighted by Gasteiger charge is 2.12. The maximum atomic E-state index is 12.7. The van der Waals surface area contributed by atoms with Crippen LogP contribution in [-0.4, -0.2) is 29.1 Å². The first-order valence-corrected chi connectivity index (χ1v) is 8.37. The first-order valence-electron chi connectivity index (χ1n) is 8.37. The van der Waals surface area contributed by atoms with Crippen molar-refractivity contribution >= 4 is 22.6 Å². The third-order valence-corrected chi connectivity index (χ3v) is 3.95. The van der Waals surface area contributed by atoms with Crippen molar-refractivity contribution in [3.05, 3.63) is 65.7 Å². The van der Waals surface area contributed by atoms with Gasteiger partial charge in [0.2, 0.25) is 0 Å². The number of hydrogen-bond acceptors (Lipinski definition) is 4. The van der Waals surface area contributed by atoms with Crippen LogP contribution in [0.15, 0.2) is 54.6 Å². The van der Waals surface area contributed by atoms with Gasteiger partial charge >= 0.3 is 0 Å². The number of nitrogens with one attached hydrogen (secondary N) is 2. The Morgan fingerprint density at radius 1 is 1.12 bits per heavy atom. The van der Waals surface area contributed by atoms with Gasteiger partial charge in [-0.15, -0.1) is 0 Å². The quantitative estimate of drug-likeness (QED) is 0.646. The Morgan fingerprint density at radius 2 is 1.88 bits per heavy atom. The smallest absolute Gasteiger partial charge is 0.252 e. The lowest BCUT2D eigenvalue weighted by molar-refractivity contribution is 0.0955. The fourth-order valence-corrected chi connectivity index (χ4v) is 2.71. The Hall–Kier alpha value is -3.08. The van der Waals surface area contributed by atoms with Gasteiger partial charge in [-0.05, 0) is 43.2 Å². The van der Waals surface area contributed by atoms with Crippen LogP contribution in [0.5, 0.6) is 5.75 Å². The molecule has 25 heavy (non-hydrogen) atoms. The van der Waals surface area contributed by atoms with Crippen LogP contribution in [0.4, 0.5) is 5.82 Å². The minimum absolute atomic E-state index is 0.114. The van der Waals surface area contributed by atoms with Crippen molar-refractivity contribution in [2.24, 2.45) is 0 Å². The number of benzene rings is 2. The minimum Gasteiger partial charge on any atom is -0.508 e. The number of carbonyl (C=O) groups is 1. The molecule has 0 saturated heterocycles. The number of phenols is 1. The average Bonchev–Trinajstić information content (AvgIpc) is 2.63. The highest BCUT2D eigenvalue weighted by atomic mass is 16.3. The lowest BCUT2D eigenvalue weighted by atomic mass is 10.1. The standard InChI is InChI=1S/C20H21N3O2/c1-2-21-19-13-17(16-5-3-4-6-18(16)23-19)20(25)22-12-11-14-7-9-15(24)10-8-14/h3-10,13,24H,2,11-12H2,1H3,(H,21,23)(H,22,25). The first kappa shape index (κ1) is 16.8. The van der Waals surface area contributed by atoms with Crippen molar-refractivity contribution in [1.29, 1.82) is 0 Å². The number of rotatable bonds is 6. The number of carbonyl (C=O) groups excluding carboxylic acids is 1. The third kappa shape index (κ3) is 4.07. The molecular formula is C20H21N3O2. The van der Waals surface area contributed by atoms with Crippen LogP contribution in [0.1, 0.15) is 22.8 Å². The number of amides is 1. The van der Waals surface area contributed by atoms with Gasteiger partial charge in [0, 0.05) is 18.5 Å². The molecule has 0 saturated carbocycles. The normalized spacial score (nSPS) is 10.6. The van der Waals surface area contributed by atoms with E-state index in [4.69, 9.17) is 0 Å². The van der Waals surface area contributed by atoms with Crippen LogP contribution >= 0.6 is 0 Å². The summed E-state index contributed by atoms with van der Waals surface area (Å²) in [6, 6.07) is 16.4. The predicted molar refractivity (Wildman–Crippen MR) is 100 cm³/mol. The first-order chi connectivity index (χ1) is 12.2. The SMILES string of the molecule is CCNc1cc(C(=O)NCCc2ccc(O)cc2)c2ccccc2n1. The molecule has 0 unspecified atom stereocenters. The van der Waals surface area contributed by atoms with Gasteiger partial charge in [-0.25, -0.2) is 4.98 Å². The van der Waals surface area contributed by atoms with Gasteiger partial charge < -0.3 is 15.7 Å². The van der Waals surface area contributed by atoms with Gasteiger partial charge in [-0.3, -0.25) is 4.79 Å². The minimum atomic E-state index is -0.114. The molecule has 2 aromatic carbocycles. The highest BCUT2D eigenvalue weighted by molar-refractivity contribution is 6.06. The summed E-state index contributed by atoms with van der Waals surface area (Å²) in [6.45, 7) is 3.26. The van der Waals surface area contributed by atoms with Crippen molar-refractivity contribution in [2.45, 2.75) is 13.3 Å². The Labute approximate surface area is 146 Å². The zero-order valence-corrected chi connectivity index (χ0v) is 14.1. The Bertz CT molecular complexity index is 876. The Morgan fingerprint density at radius 3 is 2.64 bits per heavy atom. The molecule has 1 aromatic heterocycles. The van der Waals surface area contributed by atoms with Crippen LogP contribution in [-0.2, 0) is 6.42 Å². The highest BCUT2D eigenvalue weighted by Crippen LogP contribution is 2.20. The fourth-order valence-electron chi connectivity index (χ4n) is 2.71. The summed E-state index contributed by atoms with van der Waals surface area (Å²) in [4.78, 5) is 17.2. The molecule has 3 N–H and O–H groups in total. The van der Waals surface area contributed by atoms with E-state index in [-0.39, 0.29) is 11.7 Å². The summed E-state index contributed by atoms with van der Waals surface area (Å²) >= 11 is 0. The molecule has 3 aromatic rings. The van der Waals surface area contributed by atoms with E-state index in [1.807, 2.05) is 43.3 Å². The number of hydrogen-bond donors (Lipinski definition) is 3. The van der Waals surface area contributed by atoms with Crippen LogP contribution in [0, 0.1) is 0 Å². The van der Waals surface area contributed by atoms with E-state index >= 15 is 0 Å². The molecule has 1 heterocycles. The number of aromatic hydroxyl groups is 1. The zero-order chi connectivity index (χ0) is 17.6. The average molecular weight is 335 g/mol. The maximum Gasteiger partial charge on any atom is 0.252 e. The molecule has 128 valence electrons. The van der Waals surface area contributed by atoms with Crippen LogP contribution < -0.4 is 10.6 Å². The summed E-state index contributed by atoms with van der Waals surface area (Å²) in [7, 11) is 0. The molecule has 1 amide bonds. The van der Waals surface area contributed by atoms with Crippen molar-refractivity contribution in [3.63, 3.8) is 0 Å². The van der Waals surface area contributed by atoms with Gasteiger partial charge in [0.05, 0.1) is 11.1 Å². The van der Waals surface area contributed by atoms with E-state index in [0.29, 0.717) is 24.3 Å². The number of pyridine rings is 1. The Kier molecular flexibility index (Phi) is 5.14. The van der Waals surface area contributed by atoms with Gasteiger partial charge in [0.1, 0.15) is 11.6 Å². The van der Waals surface area contributed by atoms with Crippen molar-refractivity contribution < 1.29 is 9.90 Å². The van der Waals surface area contributed by atoms with Crippen LogP contribution in [0.25, 0.3) is 10.9 Å². The summed E-state index contributed by atoms with van der Waals surface area (Å²) in [5.74, 6) is 0.827. The second-order valence-electron chi connectivity index (χ2n) is 5.77. The van der Waals surface area contributed by atoms with E-state index in [1.54, 1.807) is 18.2 Å². The van der Waals surface area contributed by atoms with E-state index < -0.39 is 0 Å². The molecule has 0 aliphatic heterocycles. The fraction of sp³-hybridized carbons (Fsp3) is 0.200. The predicted octanol–water partition coefficient (Wildman–Crippen LogP) is 3.34. The van der Waals surface area contributed by atoms with Gasteiger partial charge in [0.15, 0.2) is 0 Å². The molecule has 0 aliphatic carbocycles. The second-order valence-corrected chi connectivity index (χ2v) is 5.77. The number of anilines is 1. The number of aromatic nitrogens is 1. The van der Waals surface area contributed by atoms with Crippen molar-refractivity contribution in [2.75, 3.05) is 18.4 Å². The molecule has 5 nitrogen and oxygen atoms in total. The molecule has 0 bridgehead atoms. The summed E-state index contributed by atoms with van der Waals surface area (Å²) in [5, 5.41) is 16.3. The van der Waals surface area contributed by atoms with Crippen LogP contribution in [0.3, 0.4) is 0 Å². The molecule has 5 heteroatoms. The van der Waals surface area contributed by atoms with Crippen molar-refractivity contribution in [1.82, 2.24) is 10.3 Å². The maximum absolute atomic E-state index is 12.7. The third-order valence-electron chi connectivity index (χ3n) is 3.95. The topological polar surface area (TPSA) is 74.2 Å². The molecule has 0 radical (unpaired) electrons. The van der Waals surface area contributed by atoms with Crippen LogP contribution in [0.2, 0.25) is 0 Å². The van der Waals surface area contributed by atoms with Crippen molar-refractivity contribution in [3.8, 4) is 5.75 Å². The monoisotopic (exact) mass is 335 g/mol. The number of nitrogens with zero attached hydrogens (tertiary/aromatic N) is 1. The molecule has 3 rings (SSSR count). The Balaban J connectivity index is 1.75. The van der Waals surface area contributed by atoms with E-state index in [9.17, 15) is 9.90 Å². The number of phenolic OH excluding ortho intramolecular Hbond substituents is 1. The lowest BCUT2D eigenvalue weighted by Crippen LogP contribution is -2.26. The molecule has 0 spiro atoms. The summed E-state index contributed by atoms with van der Waals surface area (Å²) in [6.07, 6.45) is 0.703. The zero-order valence-electron chi connectivity index (χ0n) is 14.1. The summed E-state index contributed by atoms with van der Waals surface area (Å²) in [5.41, 5.74) is 2.47. The lowest BCUT2D eigenvalue weighted by Gasteiger charge is -2.11. The number of para-hydroxylation sites is 1. The molecular weight excluding hydrogens is 314 g/mol. The second kappa shape index (κ2) is 7.66. The molecule has 0 atom stereocenters.